The third kappa shape index (κ3) is 2.75. The van der Waals surface area contributed by atoms with E-state index < -0.39 is 5.38 Å². The van der Waals surface area contributed by atoms with Crippen molar-refractivity contribution in [2.24, 2.45) is 0 Å². The highest BCUT2D eigenvalue weighted by atomic mass is 35.5. The molecule has 17 heavy (non-hydrogen) atoms. The molecule has 2 aliphatic heterocycles. The van der Waals surface area contributed by atoms with Crippen LogP contribution in [0.3, 0.4) is 0 Å². The van der Waals surface area contributed by atoms with E-state index >= 15 is 0 Å². The topological polar surface area (TPSA) is 49.8 Å². The molecule has 4 nitrogen and oxygen atoms in total. The molecule has 0 saturated carbocycles. The summed E-state index contributed by atoms with van der Waals surface area (Å²) in [6.07, 6.45) is 2.49. The number of hydrogen-bond donors (Lipinski definition) is 1. The molecule has 98 valence electrons. The first-order chi connectivity index (χ1) is 8.06. The van der Waals surface area contributed by atoms with Crippen molar-refractivity contribution in [1.29, 1.82) is 0 Å². The Kier molecular flexibility index (Phi) is 3.95. The molecule has 2 saturated heterocycles. The summed E-state index contributed by atoms with van der Waals surface area (Å²) in [6, 6.07) is 0. The SMILES string of the molecule is CCC(Cl)C(=O)N1CCC2(CC(O)CCO2)C1. The fourth-order valence-corrected chi connectivity index (χ4v) is 2.83. The molecule has 2 heterocycles. The van der Waals surface area contributed by atoms with E-state index in [1.165, 1.54) is 0 Å². The van der Waals surface area contributed by atoms with Gasteiger partial charge in [0.25, 0.3) is 0 Å². The quantitative estimate of drug-likeness (QED) is 0.759. The van der Waals surface area contributed by atoms with E-state index in [1.807, 2.05) is 6.92 Å². The van der Waals surface area contributed by atoms with Gasteiger partial charge in [0, 0.05) is 26.1 Å². The molecule has 5 heteroatoms. The number of aliphatic hydroxyl groups is 1. The summed E-state index contributed by atoms with van der Waals surface area (Å²) in [5.74, 6) is -0.00490. The van der Waals surface area contributed by atoms with Crippen LogP contribution in [0.25, 0.3) is 0 Å². The van der Waals surface area contributed by atoms with Crippen molar-refractivity contribution >= 4 is 17.5 Å². The van der Waals surface area contributed by atoms with Gasteiger partial charge in [-0.2, -0.15) is 0 Å². The van der Waals surface area contributed by atoms with Gasteiger partial charge in [0.2, 0.25) is 5.91 Å². The van der Waals surface area contributed by atoms with E-state index in [9.17, 15) is 9.90 Å². The van der Waals surface area contributed by atoms with Crippen molar-refractivity contribution in [2.45, 2.75) is 49.7 Å². The number of nitrogens with zero attached hydrogens (tertiary/aromatic N) is 1. The maximum absolute atomic E-state index is 12.0. The Morgan fingerprint density at radius 3 is 3.12 bits per heavy atom. The maximum Gasteiger partial charge on any atom is 0.240 e. The first kappa shape index (κ1) is 13.1. The number of rotatable bonds is 2. The van der Waals surface area contributed by atoms with Gasteiger partial charge in [0.1, 0.15) is 5.38 Å². The van der Waals surface area contributed by atoms with Gasteiger partial charge < -0.3 is 14.7 Å². The maximum atomic E-state index is 12.0. The van der Waals surface area contributed by atoms with Gasteiger partial charge in [-0.3, -0.25) is 4.79 Å². The summed E-state index contributed by atoms with van der Waals surface area (Å²) in [5, 5.41) is 9.27. The molecule has 0 aromatic carbocycles. The van der Waals surface area contributed by atoms with Crippen LogP contribution in [-0.2, 0) is 9.53 Å². The predicted octanol–water partition coefficient (Wildman–Crippen LogP) is 1.15. The minimum atomic E-state index is -0.432. The summed E-state index contributed by atoms with van der Waals surface area (Å²) < 4.78 is 5.79. The zero-order chi connectivity index (χ0) is 12.5. The molecule has 2 fully saturated rings. The smallest absolute Gasteiger partial charge is 0.240 e. The Hall–Kier alpha value is -0.320. The normalized spacial score (nSPS) is 35.2. The second-order valence-electron chi connectivity index (χ2n) is 5.06. The Balaban J connectivity index is 1.96. The number of likely N-dealkylation sites (tertiary alicyclic amines) is 1. The molecule has 3 unspecified atom stereocenters. The highest BCUT2D eigenvalue weighted by Gasteiger charge is 2.44. The second kappa shape index (κ2) is 5.12. The number of ether oxygens (including phenoxy) is 1. The third-order valence-electron chi connectivity index (χ3n) is 3.72. The fourth-order valence-electron chi connectivity index (χ4n) is 2.69. The molecule has 0 aliphatic carbocycles. The highest BCUT2D eigenvalue weighted by molar-refractivity contribution is 6.30. The molecule has 1 amide bonds. The third-order valence-corrected chi connectivity index (χ3v) is 4.22. The lowest BCUT2D eigenvalue weighted by Crippen LogP contribution is -2.45. The Morgan fingerprint density at radius 1 is 1.71 bits per heavy atom. The number of aliphatic hydroxyl groups excluding tert-OH is 1. The summed E-state index contributed by atoms with van der Waals surface area (Å²) in [4.78, 5) is 13.7. The lowest BCUT2D eigenvalue weighted by Gasteiger charge is -2.36. The van der Waals surface area contributed by atoms with Crippen LogP contribution in [0.4, 0.5) is 0 Å². The minimum absolute atomic E-state index is 0.00490. The first-order valence-electron chi connectivity index (χ1n) is 6.31. The first-order valence-corrected chi connectivity index (χ1v) is 6.75. The molecule has 3 atom stereocenters. The molecule has 2 rings (SSSR count). The molecule has 0 aromatic heterocycles. The van der Waals surface area contributed by atoms with Gasteiger partial charge in [-0.25, -0.2) is 0 Å². The van der Waals surface area contributed by atoms with Crippen LogP contribution in [-0.4, -0.2) is 52.7 Å². The van der Waals surface area contributed by atoms with Crippen LogP contribution in [0.15, 0.2) is 0 Å². The van der Waals surface area contributed by atoms with Gasteiger partial charge in [-0.1, -0.05) is 6.92 Å². The lowest BCUT2D eigenvalue weighted by molar-refractivity contribution is -0.135. The molecule has 2 aliphatic rings. The molecule has 0 radical (unpaired) electrons. The average molecular weight is 262 g/mol. The number of carbonyl (C=O) groups is 1. The van der Waals surface area contributed by atoms with Gasteiger partial charge in [-0.05, 0) is 19.3 Å². The standard InChI is InChI=1S/C12H20ClNO3/c1-2-10(13)11(16)14-5-4-12(8-14)7-9(15)3-6-17-12/h9-10,15H,2-8H2,1H3. The summed E-state index contributed by atoms with van der Waals surface area (Å²) in [7, 11) is 0. The van der Waals surface area contributed by atoms with Crippen LogP contribution < -0.4 is 0 Å². The summed E-state index contributed by atoms with van der Waals surface area (Å²) in [5.41, 5.74) is -0.322. The van der Waals surface area contributed by atoms with Crippen LogP contribution in [0.1, 0.15) is 32.6 Å². The van der Waals surface area contributed by atoms with E-state index in [1.54, 1.807) is 4.90 Å². The van der Waals surface area contributed by atoms with E-state index in [-0.39, 0.29) is 17.6 Å². The molecule has 1 spiro atoms. The van der Waals surface area contributed by atoms with Crippen LogP contribution >= 0.6 is 11.6 Å². The van der Waals surface area contributed by atoms with E-state index in [4.69, 9.17) is 16.3 Å². The van der Waals surface area contributed by atoms with Crippen molar-refractivity contribution in [1.82, 2.24) is 4.90 Å². The molecule has 0 aromatic rings. The summed E-state index contributed by atoms with van der Waals surface area (Å²) in [6.45, 7) is 3.75. The van der Waals surface area contributed by atoms with Crippen molar-refractivity contribution in [3.05, 3.63) is 0 Å². The van der Waals surface area contributed by atoms with Crippen LogP contribution in [0.2, 0.25) is 0 Å². The molecular weight excluding hydrogens is 242 g/mol. The van der Waals surface area contributed by atoms with Gasteiger partial charge in [0.05, 0.1) is 11.7 Å². The van der Waals surface area contributed by atoms with Crippen molar-refractivity contribution in [3.63, 3.8) is 0 Å². The Labute approximate surface area is 107 Å². The molecule has 0 bridgehead atoms. The summed E-state index contributed by atoms with van der Waals surface area (Å²) >= 11 is 5.97. The van der Waals surface area contributed by atoms with E-state index in [0.29, 0.717) is 39.0 Å². The van der Waals surface area contributed by atoms with Crippen LogP contribution in [0, 0.1) is 0 Å². The number of halogens is 1. The largest absolute Gasteiger partial charge is 0.393 e. The second-order valence-corrected chi connectivity index (χ2v) is 5.59. The highest BCUT2D eigenvalue weighted by Crippen LogP contribution is 2.34. The molecule has 1 N–H and O–H groups in total. The zero-order valence-corrected chi connectivity index (χ0v) is 10.9. The Morgan fingerprint density at radius 2 is 2.47 bits per heavy atom. The number of amides is 1. The van der Waals surface area contributed by atoms with Gasteiger partial charge in [-0.15, -0.1) is 11.6 Å². The zero-order valence-electron chi connectivity index (χ0n) is 10.2. The Bertz CT molecular complexity index is 299. The van der Waals surface area contributed by atoms with E-state index in [0.717, 1.165) is 6.42 Å². The predicted molar refractivity (Wildman–Crippen MR) is 65.1 cm³/mol. The lowest BCUT2D eigenvalue weighted by atomic mass is 9.91. The van der Waals surface area contributed by atoms with Gasteiger partial charge in [0.15, 0.2) is 0 Å². The van der Waals surface area contributed by atoms with Crippen molar-refractivity contribution in [2.75, 3.05) is 19.7 Å². The van der Waals surface area contributed by atoms with E-state index in [2.05, 4.69) is 0 Å². The van der Waals surface area contributed by atoms with Crippen molar-refractivity contribution in [3.8, 4) is 0 Å². The monoisotopic (exact) mass is 261 g/mol. The minimum Gasteiger partial charge on any atom is -0.393 e. The average Bonchev–Trinajstić information content (AvgIpc) is 2.70. The fraction of sp³-hybridized carbons (Fsp3) is 0.917. The number of carbonyl (C=O) groups excluding carboxylic acids is 1. The van der Waals surface area contributed by atoms with Crippen LogP contribution in [0.5, 0.6) is 0 Å². The van der Waals surface area contributed by atoms with Crippen molar-refractivity contribution < 1.29 is 14.6 Å². The number of alkyl halides is 1. The van der Waals surface area contributed by atoms with Gasteiger partial charge >= 0.3 is 0 Å². The molecular formula is C12H20ClNO3. The number of hydrogen-bond acceptors (Lipinski definition) is 3.